The highest BCUT2D eigenvalue weighted by Crippen LogP contribution is 2.41. The molecule has 0 amide bonds. The number of hydrogen-bond acceptors (Lipinski definition) is 3. The Kier molecular flexibility index (Phi) is 4.70. The standard InChI is InChI=1S/C16H25NO2/c1-4-18-15-10-12(9-11(3)17)13-7-6-8-14(13)16(15)19-5-2/h10-11H,4-9,17H2,1-3H3. The molecule has 1 unspecified atom stereocenters. The van der Waals surface area contributed by atoms with Crippen molar-refractivity contribution in [1.29, 1.82) is 0 Å². The van der Waals surface area contributed by atoms with Crippen molar-refractivity contribution < 1.29 is 9.47 Å². The summed E-state index contributed by atoms with van der Waals surface area (Å²) in [7, 11) is 0. The summed E-state index contributed by atoms with van der Waals surface area (Å²) in [4.78, 5) is 0. The molecule has 0 aliphatic heterocycles. The second-order valence-corrected chi connectivity index (χ2v) is 5.22. The van der Waals surface area contributed by atoms with Gasteiger partial charge in [-0.3, -0.25) is 0 Å². The molecular formula is C16H25NO2. The van der Waals surface area contributed by atoms with Gasteiger partial charge in [-0.15, -0.1) is 0 Å². The molecule has 1 aromatic carbocycles. The zero-order valence-electron chi connectivity index (χ0n) is 12.3. The third kappa shape index (κ3) is 3.03. The Morgan fingerprint density at radius 3 is 2.47 bits per heavy atom. The first-order valence-electron chi connectivity index (χ1n) is 7.36. The van der Waals surface area contributed by atoms with E-state index in [1.54, 1.807) is 0 Å². The Balaban J connectivity index is 2.46. The minimum atomic E-state index is 0.178. The first kappa shape index (κ1) is 14.2. The van der Waals surface area contributed by atoms with E-state index >= 15 is 0 Å². The van der Waals surface area contributed by atoms with Crippen LogP contribution in [-0.2, 0) is 19.3 Å². The molecule has 1 aliphatic rings. The zero-order chi connectivity index (χ0) is 13.8. The first-order chi connectivity index (χ1) is 9.17. The molecule has 1 aromatic rings. The molecule has 0 saturated carbocycles. The third-order valence-corrected chi connectivity index (χ3v) is 3.54. The molecule has 0 aromatic heterocycles. The number of ether oxygens (including phenoxy) is 2. The molecule has 19 heavy (non-hydrogen) atoms. The van der Waals surface area contributed by atoms with Gasteiger partial charge in [0.15, 0.2) is 11.5 Å². The van der Waals surface area contributed by atoms with Crippen LogP contribution in [0.5, 0.6) is 11.5 Å². The molecular weight excluding hydrogens is 238 g/mol. The van der Waals surface area contributed by atoms with Gasteiger partial charge in [-0.1, -0.05) is 0 Å². The van der Waals surface area contributed by atoms with E-state index in [9.17, 15) is 0 Å². The van der Waals surface area contributed by atoms with Gasteiger partial charge in [0.25, 0.3) is 0 Å². The molecule has 0 heterocycles. The van der Waals surface area contributed by atoms with Crippen LogP contribution in [0, 0.1) is 0 Å². The monoisotopic (exact) mass is 263 g/mol. The fraction of sp³-hybridized carbons (Fsp3) is 0.625. The van der Waals surface area contributed by atoms with Gasteiger partial charge < -0.3 is 15.2 Å². The van der Waals surface area contributed by atoms with Crippen molar-refractivity contribution in [2.75, 3.05) is 13.2 Å². The Morgan fingerprint density at radius 2 is 1.84 bits per heavy atom. The lowest BCUT2D eigenvalue weighted by Crippen LogP contribution is -2.19. The molecule has 3 nitrogen and oxygen atoms in total. The molecule has 0 bridgehead atoms. The summed E-state index contributed by atoms with van der Waals surface area (Å²) in [5.74, 6) is 1.85. The number of nitrogens with two attached hydrogens (primary N) is 1. The lowest BCUT2D eigenvalue weighted by atomic mass is 9.97. The summed E-state index contributed by atoms with van der Waals surface area (Å²) >= 11 is 0. The maximum absolute atomic E-state index is 5.97. The molecule has 0 saturated heterocycles. The van der Waals surface area contributed by atoms with Crippen LogP contribution in [0.25, 0.3) is 0 Å². The van der Waals surface area contributed by atoms with Crippen LogP contribution in [0.15, 0.2) is 6.07 Å². The minimum Gasteiger partial charge on any atom is -0.490 e. The number of fused-ring (bicyclic) bond motifs is 1. The van der Waals surface area contributed by atoms with Crippen molar-refractivity contribution in [3.05, 3.63) is 22.8 Å². The smallest absolute Gasteiger partial charge is 0.164 e. The highest BCUT2D eigenvalue weighted by atomic mass is 16.5. The highest BCUT2D eigenvalue weighted by Gasteiger charge is 2.23. The second kappa shape index (κ2) is 6.29. The summed E-state index contributed by atoms with van der Waals surface area (Å²) in [5.41, 5.74) is 10.1. The van der Waals surface area contributed by atoms with Crippen LogP contribution < -0.4 is 15.2 Å². The van der Waals surface area contributed by atoms with Gasteiger partial charge >= 0.3 is 0 Å². The fourth-order valence-electron chi connectivity index (χ4n) is 2.90. The molecule has 3 heteroatoms. The quantitative estimate of drug-likeness (QED) is 0.858. The Labute approximate surface area is 116 Å². The average Bonchev–Trinajstić information content (AvgIpc) is 2.82. The summed E-state index contributed by atoms with van der Waals surface area (Å²) in [6, 6.07) is 2.32. The fourth-order valence-corrected chi connectivity index (χ4v) is 2.90. The van der Waals surface area contributed by atoms with Crippen molar-refractivity contribution in [3.63, 3.8) is 0 Å². The molecule has 2 rings (SSSR count). The van der Waals surface area contributed by atoms with Crippen molar-refractivity contribution in [2.45, 2.75) is 52.5 Å². The van der Waals surface area contributed by atoms with E-state index in [1.807, 2.05) is 13.8 Å². The van der Waals surface area contributed by atoms with Crippen LogP contribution in [-0.4, -0.2) is 19.3 Å². The largest absolute Gasteiger partial charge is 0.490 e. The Morgan fingerprint density at radius 1 is 1.16 bits per heavy atom. The molecule has 1 atom stereocenters. The average molecular weight is 263 g/mol. The predicted molar refractivity (Wildman–Crippen MR) is 78.2 cm³/mol. The molecule has 1 aliphatic carbocycles. The lowest BCUT2D eigenvalue weighted by Gasteiger charge is -2.19. The summed E-state index contributed by atoms with van der Waals surface area (Å²) in [5, 5.41) is 0. The second-order valence-electron chi connectivity index (χ2n) is 5.22. The lowest BCUT2D eigenvalue weighted by molar-refractivity contribution is 0.285. The summed E-state index contributed by atoms with van der Waals surface area (Å²) in [6.07, 6.45) is 4.35. The van der Waals surface area contributed by atoms with Crippen LogP contribution >= 0.6 is 0 Å². The van der Waals surface area contributed by atoms with Crippen LogP contribution in [0.4, 0.5) is 0 Å². The van der Waals surface area contributed by atoms with E-state index in [2.05, 4.69) is 13.0 Å². The van der Waals surface area contributed by atoms with E-state index in [4.69, 9.17) is 15.2 Å². The van der Waals surface area contributed by atoms with Gasteiger partial charge in [0.1, 0.15) is 0 Å². The predicted octanol–water partition coefficient (Wildman–Crippen LogP) is 2.86. The first-order valence-corrected chi connectivity index (χ1v) is 7.36. The molecule has 0 spiro atoms. The van der Waals surface area contributed by atoms with E-state index < -0.39 is 0 Å². The van der Waals surface area contributed by atoms with Crippen molar-refractivity contribution in [1.82, 2.24) is 0 Å². The van der Waals surface area contributed by atoms with Crippen LogP contribution in [0.3, 0.4) is 0 Å². The highest BCUT2D eigenvalue weighted by molar-refractivity contribution is 5.56. The van der Waals surface area contributed by atoms with E-state index in [-0.39, 0.29) is 6.04 Å². The summed E-state index contributed by atoms with van der Waals surface area (Å²) < 4.78 is 11.6. The van der Waals surface area contributed by atoms with Gasteiger partial charge in [0.05, 0.1) is 13.2 Å². The molecule has 106 valence electrons. The molecule has 2 N–H and O–H groups in total. The van der Waals surface area contributed by atoms with Gasteiger partial charge in [-0.05, 0) is 63.6 Å². The van der Waals surface area contributed by atoms with Gasteiger partial charge in [0, 0.05) is 11.6 Å². The zero-order valence-corrected chi connectivity index (χ0v) is 12.3. The van der Waals surface area contributed by atoms with Crippen LogP contribution in [0.1, 0.15) is 43.9 Å². The topological polar surface area (TPSA) is 44.5 Å². The third-order valence-electron chi connectivity index (χ3n) is 3.54. The van der Waals surface area contributed by atoms with Crippen molar-refractivity contribution in [2.24, 2.45) is 5.73 Å². The Bertz CT molecular complexity index is 441. The van der Waals surface area contributed by atoms with Crippen LogP contribution in [0.2, 0.25) is 0 Å². The van der Waals surface area contributed by atoms with E-state index in [0.717, 1.165) is 30.8 Å². The maximum Gasteiger partial charge on any atom is 0.164 e. The number of benzene rings is 1. The van der Waals surface area contributed by atoms with Crippen molar-refractivity contribution >= 4 is 0 Å². The SMILES string of the molecule is CCOc1cc(CC(C)N)c2c(c1OCC)CCC2. The van der Waals surface area contributed by atoms with Crippen molar-refractivity contribution in [3.8, 4) is 11.5 Å². The summed E-state index contributed by atoms with van der Waals surface area (Å²) in [6.45, 7) is 7.43. The van der Waals surface area contributed by atoms with Gasteiger partial charge in [-0.2, -0.15) is 0 Å². The number of rotatable bonds is 6. The number of hydrogen-bond donors (Lipinski definition) is 1. The normalized spacial score (nSPS) is 15.2. The maximum atomic E-state index is 5.97. The van der Waals surface area contributed by atoms with E-state index in [1.165, 1.54) is 23.1 Å². The van der Waals surface area contributed by atoms with Gasteiger partial charge in [-0.25, -0.2) is 0 Å². The molecule has 0 radical (unpaired) electrons. The van der Waals surface area contributed by atoms with Gasteiger partial charge in [0.2, 0.25) is 0 Å². The van der Waals surface area contributed by atoms with E-state index in [0.29, 0.717) is 13.2 Å². The minimum absolute atomic E-state index is 0.178. The Hall–Kier alpha value is -1.22. The molecule has 0 fully saturated rings.